The Labute approximate surface area is 113 Å². The second kappa shape index (κ2) is 5.08. The Morgan fingerprint density at radius 1 is 1.58 bits per heavy atom. The fraction of sp³-hybridized carbons (Fsp3) is 0.167. The third-order valence-electron chi connectivity index (χ3n) is 2.49. The molecule has 0 amide bonds. The maximum absolute atomic E-state index is 10.9. The highest BCUT2D eigenvalue weighted by Gasteiger charge is 2.17. The number of halogens is 1. The van der Waals surface area contributed by atoms with E-state index in [0.29, 0.717) is 28.5 Å². The number of aryl methyl sites for hydroxylation is 1. The average Bonchev–Trinajstić information content (AvgIpc) is 2.82. The molecule has 0 bridgehead atoms. The zero-order valence-electron chi connectivity index (χ0n) is 9.96. The Balaban J connectivity index is 2.68. The van der Waals surface area contributed by atoms with Gasteiger partial charge in [-0.3, -0.25) is 0 Å². The summed E-state index contributed by atoms with van der Waals surface area (Å²) in [5.74, 6) is -1.06. The highest BCUT2D eigenvalue weighted by molar-refractivity contribution is 6.30. The number of hydrogen-bond acceptors (Lipinski definition) is 4. The van der Waals surface area contributed by atoms with Gasteiger partial charge in [-0.25, -0.2) is 14.5 Å². The van der Waals surface area contributed by atoms with Crippen molar-refractivity contribution in [3.05, 3.63) is 40.4 Å². The van der Waals surface area contributed by atoms with Crippen molar-refractivity contribution in [1.82, 2.24) is 14.8 Å². The van der Waals surface area contributed by atoms with Gasteiger partial charge < -0.3 is 5.11 Å². The molecule has 7 heteroatoms. The van der Waals surface area contributed by atoms with Crippen LogP contribution in [-0.4, -0.2) is 25.8 Å². The summed E-state index contributed by atoms with van der Waals surface area (Å²) in [6.45, 7) is 1.82. The van der Waals surface area contributed by atoms with E-state index in [-0.39, 0.29) is 5.82 Å². The van der Waals surface area contributed by atoms with Crippen molar-refractivity contribution in [1.29, 1.82) is 5.26 Å². The monoisotopic (exact) mass is 276 g/mol. The highest BCUT2D eigenvalue weighted by Crippen LogP contribution is 2.20. The molecule has 6 nitrogen and oxygen atoms in total. The fourth-order valence-corrected chi connectivity index (χ4v) is 1.80. The first kappa shape index (κ1) is 13.1. The van der Waals surface area contributed by atoms with E-state index in [1.165, 1.54) is 4.68 Å². The molecule has 0 radical (unpaired) electrons. The molecule has 0 saturated heterocycles. The van der Waals surface area contributed by atoms with E-state index in [1.54, 1.807) is 18.2 Å². The van der Waals surface area contributed by atoms with Crippen molar-refractivity contribution in [3.63, 3.8) is 0 Å². The molecule has 2 rings (SSSR count). The molecule has 1 N–H and O–H groups in total. The number of nitriles is 1. The third kappa shape index (κ3) is 2.41. The van der Waals surface area contributed by atoms with E-state index in [9.17, 15) is 4.79 Å². The molecule has 0 saturated carbocycles. The SMILES string of the molecule is CCc1nc(C(=O)O)nn1-c1cc(Cl)ccc1C#N. The molecule has 19 heavy (non-hydrogen) atoms. The summed E-state index contributed by atoms with van der Waals surface area (Å²) in [5.41, 5.74) is 0.771. The van der Waals surface area contributed by atoms with E-state index < -0.39 is 5.97 Å². The van der Waals surface area contributed by atoms with Crippen LogP contribution in [0.3, 0.4) is 0 Å². The predicted octanol–water partition coefficient (Wildman–Crippen LogP) is 2.05. The van der Waals surface area contributed by atoms with E-state index in [4.69, 9.17) is 22.0 Å². The summed E-state index contributed by atoms with van der Waals surface area (Å²) in [4.78, 5) is 14.8. The molecular weight excluding hydrogens is 268 g/mol. The number of aromatic nitrogens is 3. The minimum Gasteiger partial charge on any atom is -0.475 e. The highest BCUT2D eigenvalue weighted by atomic mass is 35.5. The quantitative estimate of drug-likeness (QED) is 0.926. The van der Waals surface area contributed by atoms with Crippen molar-refractivity contribution in [2.24, 2.45) is 0 Å². The Bertz CT molecular complexity index is 688. The molecule has 0 aliphatic carbocycles. The number of benzene rings is 1. The van der Waals surface area contributed by atoms with Crippen LogP contribution in [0.25, 0.3) is 5.69 Å². The number of rotatable bonds is 3. The van der Waals surface area contributed by atoms with Crippen molar-refractivity contribution < 1.29 is 9.90 Å². The van der Waals surface area contributed by atoms with Crippen LogP contribution in [0, 0.1) is 11.3 Å². The minimum absolute atomic E-state index is 0.305. The number of hydrogen-bond donors (Lipinski definition) is 1. The van der Waals surface area contributed by atoms with Gasteiger partial charge in [-0.2, -0.15) is 5.26 Å². The molecule has 0 aliphatic heterocycles. The van der Waals surface area contributed by atoms with Gasteiger partial charge in [-0.1, -0.05) is 18.5 Å². The van der Waals surface area contributed by atoms with Crippen LogP contribution in [0.15, 0.2) is 18.2 Å². The standard InChI is InChI=1S/C12H9ClN4O2/c1-2-10-15-11(12(18)19)16-17(10)9-5-8(13)4-3-7(9)6-14/h3-5H,2H2,1H3,(H,18,19). The maximum Gasteiger partial charge on any atom is 0.375 e. The van der Waals surface area contributed by atoms with Crippen LogP contribution in [0.2, 0.25) is 5.02 Å². The van der Waals surface area contributed by atoms with Crippen molar-refractivity contribution >= 4 is 17.6 Å². The van der Waals surface area contributed by atoms with Crippen molar-refractivity contribution in [3.8, 4) is 11.8 Å². The summed E-state index contributed by atoms with van der Waals surface area (Å²) in [5, 5.41) is 22.3. The van der Waals surface area contributed by atoms with E-state index in [1.807, 2.05) is 13.0 Å². The number of carbonyl (C=O) groups is 1. The zero-order chi connectivity index (χ0) is 14.0. The van der Waals surface area contributed by atoms with Crippen molar-refractivity contribution in [2.75, 3.05) is 0 Å². The van der Waals surface area contributed by atoms with Crippen LogP contribution in [-0.2, 0) is 6.42 Å². The van der Waals surface area contributed by atoms with Gasteiger partial charge in [0.05, 0.1) is 11.3 Å². The first-order chi connectivity index (χ1) is 9.06. The number of aromatic carboxylic acids is 1. The molecule has 0 fully saturated rings. The van der Waals surface area contributed by atoms with Gasteiger partial charge in [-0.05, 0) is 18.2 Å². The Hall–Kier alpha value is -2.39. The van der Waals surface area contributed by atoms with Gasteiger partial charge in [0.15, 0.2) is 0 Å². The van der Waals surface area contributed by atoms with Crippen LogP contribution >= 0.6 is 11.6 Å². The summed E-state index contributed by atoms with van der Waals surface area (Å²) in [6, 6.07) is 6.71. The smallest absolute Gasteiger partial charge is 0.375 e. The molecule has 1 heterocycles. The summed E-state index contributed by atoms with van der Waals surface area (Å²) < 4.78 is 1.34. The normalized spacial score (nSPS) is 10.2. The number of carboxylic acid groups (broad SMARTS) is 1. The lowest BCUT2D eigenvalue weighted by atomic mass is 10.2. The molecule has 96 valence electrons. The van der Waals surface area contributed by atoms with Crippen molar-refractivity contribution in [2.45, 2.75) is 13.3 Å². The van der Waals surface area contributed by atoms with Crippen LogP contribution in [0.1, 0.15) is 28.9 Å². The molecule has 0 unspecified atom stereocenters. The lowest BCUT2D eigenvalue weighted by Gasteiger charge is -2.06. The lowest BCUT2D eigenvalue weighted by molar-refractivity contribution is 0.0683. The molecule has 0 atom stereocenters. The average molecular weight is 277 g/mol. The molecule has 2 aromatic rings. The van der Waals surface area contributed by atoms with E-state index in [0.717, 1.165) is 0 Å². The van der Waals surface area contributed by atoms with Crippen LogP contribution < -0.4 is 0 Å². The predicted molar refractivity (Wildman–Crippen MR) is 67.4 cm³/mol. The number of carboxylic acids is 1. The molecule has 0 spiro atoms. The van der Waals surface area contributed by atoms with Gasteiger partial charge in [-0.15, -0.1) is 5.10 Å². The lowest BCUT2D eigenvalue weighted by Crippen LogP contribution is -2.05. The van der Waals surface area contributed by atoms with Crippen LogP contribution in [0.4, 0.5) is 0 Å². The van der Waals surface area contributed by atoms with Gasteiger partial charge in [0.1, 0.15) is 11.9 Å². The van der Waals surface area contributed by atoms with Crippen LogP contribution in [0.5, 0.6) is 0 Å². The van der Waals surface area contributed by atoms with Gasteiger partial charge in [0.2, 0.25) is 0 Å². The molecule has 1 aromatic heterocycles. The second-order valence-electron chi connectivity index (χ2n) is 3.70. The largest absolute Gasteiger partial charge is 0.475 e. The maximum atomic E-state index is 10.9. The number of nitrogens with zero attached hydrogens (tertiary/aromatic N) is 4. The Kier molecular flexibility index (Phi) is 3.49. The van der Waals surface area contributed by atoms with Gasteiger partial charge in [0, 0.05) is 11.4 Å². The minimum atomic E-state index is -1.21. The first-order valence-electron chi connectivity index (χ1n) is 5.46. The van der Waals surface area contributed by atoms with Gasteiger partial charge >= 0.3 is 5.97 Å². The summed E-state index contributed by atoms with van der Waals surface area (Å²) >= 11 is 5.90. The van der Waals surface area contributed by atoms with E-state index in [2.05, 4.69) is 10.1 Å². The summed E-state index contributed by atoms with van der Waals surface area (Å²) in [6.07, 6.45) is 0.484. The first-order valence-corrected chi connectivity index (χ1v) is 5.84. The zero-order valence-corrected chi connectivity index (χ0v) is 10.7. The molecular formula is C12H9ClN4O2. The van der Waals surface area contributed by atoms with Gasteiger partial charge in [0.25, 0.3) is 5.82 Å². The molecule has 0 aliphatic rings. The third-order valence-corrected chi connectivity index (χ3v) is 2.73. The second-order valence-corrected chi connectivity index (χ2v) is 4.13. The van der Waals surface area contributed by atoms with E-state index >= 15 is 0 Å². The Morgan fingerprint density at radius 2 is 2.32 bits per heavy atom. The molecule has 1 aromatic carbocycles. The Morgan fingerprint density at radius 3 is 2.89 bits per heavy atom. The summed E-state index contributed by atoms with van der Waals surface area (Å²) in [7, 11) is 0. The fourth-order valence-electron chi connectivity index (χ4n) is 1.63. The topological polar surface area (TPSA) is 91.8 Å².